The fourth-order valence-electron chi connectivity index (χ4n) is 2.78. The standard InChI is InChI=1S/C17H24N6O2S/c1-4-7-18-15(24)11-26-17-20-19-16(14-9-12(2)22(3)21-14)23(17)10-13-6-5-8-25-13/h4,9,13H,1,5-8,10-11H2,2-3H3,(H,18,24)/t13-/m1/s1. The first-order chi connectivity index (χ1) is 12.6. The maximum absolute atomic E-state index is 11.9. The van der Waals surface area contributed by atoms with Crippen LogP contribution in [0.15, 0.2) is 23.9 Å². The van der Waals surface area contributed by atoms with E-state index in [-0.39, 0.29) is 17.8 Å². The predicted octanol–water partition coefficient (Wildman–Crippen LogP) is 1.56. The summed E-state index contributed by atoms with van der Waals surface area (Å²) in [4.78, 5) is 11.9. The number of thioether (sulfide) groups is 1. The van der Waals surface area contributed by atoms with Gasteiger partial charge in [-0.05, 0) is 25.8 Å². The molecular weight excluding hydrogens is 352 g/mol. The van der Waals surface area contributed by atoms with Crippen LogP contribution in [0, 0.1) is 6.92 Å². The Bertz CT molecular complexity index is 759. The Morgan fingerprint density at radius 3 is 3.04 bits per heavy atom. The molecule has 0 aliphatic carbocycles. The molecule has 1 amide bonds. The van der Waals surface area contributed by atoms with E-state index in [1.54, 1.807) is 6.08 Å². The number of hydrogen-bond acceptors (Lipinski definition) is 6. The topological polar surface area (TPSA) is 86.9 Å². The monoisotopic (exact) mass is 376 g/mol. The molecule has 1 atom stereocenters. The Morgan fingerprint density at radius 2 is 2.38 bits per heavy atom. The fourth-order valence-corrected chi connectivity index (χ4v) is 3.56. The van der Waals surface area contributed by atoms with Gasteiger partial charge in [-0.3, -0.25) is 14.0 Å². The normalized spacial score (nSPS) is 16.8. The van der Waals surface area contributed by atoms with Gasteiger partial charge in [-0.1, -0.05) is 17.8 Å². The summed E-state index contributed by atoms with van der Waals surface area (Å²) in [5, 5.41) is 16.6. The molecule has 9 heteroatoms. The number of rotatable bonds is 8. The Kier molecular flexibility index (Phi) is 6.10. The molecule has 8 nitrogen and oxygen atoms in total. The summed E-state index contributed by atoms with van der Waals surface area (Å²) in [6.45, 7) is 7.50. The van der Waals surface area contributed by atoms with Gasteiger partial charge in [0.05, 0.1) is 18.4 Å². The van der Waals surface area contributed by atoms with Crippen molar-refractivity contribution in [2.75, 3.05) is 18.9 Å². The van der Waals surface area contributed by atoms with Crippen molar-refractivity contribution in [1.29, 1.82) is 0 Å². The smallest absolute Gasteiger partial charge is 0.230 e. The molecule has 26 heavy (non-hydrogen) atoms. The maximum Gasteiger partial charge on any atom is 0.230 e. The van der Waals surface area contributed by atoms with E-state index in [4.69, 9.17) is 4.74 Å². The van der Waals surface area contributed by atoms with Crippen LogP contribution >= 0.6 is 11.8 Å². The van der Waals surface area contributed by atoms with Crippen LogP contribution in [0.1, 0.15) is 18.5 Å². The van der Waals surface area contributed by atoms with Gasteiger partial charge >= 0.3 is 0 Å². The minimum Gasteiger partial charge on any atom is -0.376 e. The Morgan fingerprint density at radius 1 is 1.54 bits per heavy atom. The van der Waals surface area contributed by atoms with Crippen LogP contribution in [0.4, 0.5) is 0 Å². The van der Waals surface area contributed by atoms with Gasteiger partial charge in [0.1, 0.15) is 5.69 Å². The highest BCUT2D eigenvalue weighted by atomic mass is 32.2. The summed E-state index contributed by atoms with van der Waals surface area (Å²) in [5.41, 5.74) is 1.82. The molecule has 1 aliphatic heterocycles. The number of aromatic nitrogens is 5. The lowest BCUT2D eigenvalue weighted by atomic mass is 10.2. The van der Waals surface area contributed by atoms with Crippen molar-refractivity contribution in [2.45, 2.75) is 37.6 Å². The van der Waals surface area contributed by atoms with Gasteiger partial charge in [0.2, 0.25) is 5.91 Å². The molecular formula is C17H24N6O2S. The summed E-state index contributed by atoms with van der Waals surface area (Å²) in [6, 6.07) is 1.99. The average Bonchev–Trinajstić information content (AvgIpc) is 3.34. The van der Waals surface area contributed by atoms with E-state index in [1.165, 1.54) is 11.8 Å². The molecule has 3 rings (SSSR count). The summed E-state index contributed by atoms with van der Waals surface area (Å²) < 4.78 is 9.61. The third kappa shape index (κ3) is 4.34. The van der Waals surface area contributed by atoms with Crippen LogP contribution in [-0.4, -0.2) is 55.5 Å². The van der Waals surface area contributed by atoms with E-state index in [0.717, 1.165) is 30.8 Å². The Hall–Kier alpha value is -2.13. The number of nitrogens with one attached hydrogen (secondary N) is 1. The molecule has 0 radical (unpaired) electrons. The number of ether oxygens (including phenoxy) is 1. The molecule has 0 bridgehead atoms. The van der Waals surface area contributed by atoms with Crippen LogP contribution in [-0.2, 0) is 23.1 Å². The van der Waals surface area contributed by atoms with Gasteiger partial charge < -0.3 is 10.1 Å². The molecule has 0 unspecified atom stereocenters. The fraction of sp³-hybridized carbons (Fsp3) is 0.529. The van der Waals surface area contributed by atoms with Crippen molar-refractivity contribution in [3.63, 3.8) is 0 Å². The van der Waals surface area contributed by atoms with Crippen LogP contribution in [0.25, 0.3) is 11.5 Å². The minimum absolute atomic E-state index is 0.0585. The van der Waals surface area contributed by atoms with Gasteiger partial charge in [-0.25, -0.2) is 0 Å². The number of hydrogen-bond donors (Lipinski definition) is 1. The van der Waals surface area contributed by atoms with Gasteiger partial charge in [0, 0.05) is 25.9 Å². The molecule has 140 valence electrons. The lowest BCUT2D eigenvalue weighted by Gasteiger charge is -2.13. The SMILES string of the molecule is C=CCNC(=O)CSc1nnc(-c2cc(C)n(C)n2)n1C[C@H]1CCCO1. The van der Waals surface area contributed by atoms with Crippen LogP contribution < -0.4 is 5.32 Å². The van der Waals surface area contributed by atoms with E-state index < -0.39 is 0 Å². The highest BCUT2D eigenvalue weighted by Gasteiger charge is 2.23. The first kappa shape index (κ1) is 18.7. The molecule has 1 N–H and O–H groups in total. The van der Waals surface area contributed by atoms with Crippen LogP contribution in [0.2, 0.25) is 0 Å². The first-order valence-electron chi connectivity index (χ1n) is 8.64. The third-order valence-electron chi connectivity index (χ3n) is 4.25. The predicted molar refractivity (Wildman–Crippen MR) is 99.9 cm³/mol. The van der Waals surface area contributed by atoms with E-state index in [2.05, 4.69) is 27.2 Å². The number of nitrogens with zero attached hydrogens (tertiary/aromatic N) is 5. The zero-order valence-corrected chi connectivity index (χ0v) is 16.0. The van der Waals surface area contributed by atoms with Gasteiger partial charge in [0.15, 0.2) is 11.0 Å². The van der Waals surface area contributed by atoms with Crippen molar-refractivity contribution in [1.82, 2.24) is 29.9 Å². The number of carbonyl (C=O) groups is 1. The van der Waals surface area contributed by atoms with Crippen molar-refractivity contribution >= 4 is 17.7 Å². The summed E-state index contributed by atoms with van der Waals surface area (Å²) >= 11 is 1.37. The molecule has 0 aromatic carbocycles. The minimum atomic E-state index is -0.0585. The highest BCUT2D eigenvalue weighted by Crippen LogP contribution is 2.26. The highest BCUT2D eigenvalue weighted by molar-refractivity contribution is 7.99. The largest absolute Gasteiger partial charge is 0.376 e. The van der Waals surface area contributed by atoms with Crippen LogP contribution in [0.5, 0.6) is 0 Å². The first-order valence-corrected chi connectivity index (χ1v) is 9.63. The summed E-state index contributed by atoms with van der Waals surface area (Å²) in [7, 11) is 1.90. The Balaban J connectivity index is 1.81. The molecule has 3 heterocycles. The van der Waals surface area contributed by atoms with Crippen molar-refractivity contribution < 1.29 is 9.53 Å². The van der Waals surface area contributed by atoms with E-state index in [9.17, 15) is 4.79 Å². The van der Waals surface area contributed by atoms with Crippen LogP contribution in [0.3, 0.4) is 0 Å². The van der Waals surface area contributed by atoms with Crippen molar-refractivity contribution in [3.8, 4) is 11.5 Å². The number of amides is 1. The van der Waals surface area contributed by atoms with Crippen molar-refractivity contribution in [2.24, 2.45) is 7.05 Å². The van der Waals surface area contributed by atoms with Gasteiger partial charge in [-0.2, -0.15) is 5.10 Å². The van der Waals surface area contributed by atoms with Gasteiger partial charge in [0.25, 0.3) is 0 Å². The van der Waals surface area contributed by atoms with E-state index in [1.807, 2.05) is 29.3 Å². The lowest BCUT2D eigenvalue weighted by molar-refractivity contribution is -0.118. The zero-order chi connectivity index (χ0) is 18.5. The second-order valence-electron chi connectivity index (χ2n) is 6.23. The second kappa shape index (κ2) is 8.50. The molecule has 1 aliphatic rings. The lowest BCUT2D eigenvalue weighted by Crippen LogP contribution is -2.25. The summed E-state index contributed by atoms with van der Waals surface area (Å²) in [6.07, 6.45) is 3.88. The quantitative estimate of drug-likeness (QED) is 0.556. The van der Waals surface area contributed by atoms with E-state index in [0.29, 0.717) is 24.1 Å². The van der Waals surface area contributed by atoms with Crippen molar-refractivity contribution in [3.05, 3.63) is 24.4 Å². The summed E-state index contributed by atoms with van der Waals surface area (Å²) in [5.74, 6) is 0.925. The molecule has 0 spiro atoms. The maximum atomic E-state index is 11.9. The number of carbonyl (C=O) groups excluding carboxylic acids is 1. The number of aryl methyl sites for hydroxylation is 2. The average molecular weight is 376 g/mol. The second-order valence-corrected chi connectivity index (χ2v) is 7.17. The zero-order valence-electron chi connectivity index (χ0n) is 15.1. The molecule has 0 saturated carbocycles. The van der Waals surface area contributed by atoms with E-state index >= 15 is 0 Å². The molecule has 1 fully saturated rings. The third-order valence-corrected chi connectivity index (χ3v) is 5.21. The molecule has 2 aromatic rings. The molecule has 2 aromatic heterocycles. The Labute approximate surface area is 157 Å². The molecule has 1 saturated heterocycles. The van der Waals surface area contributed by atoms with Gasteiger partial charge in [-0.15, -0.1) is 16.8 Å².